The van der Waals surface area contributed by atoms with Crippen LogP contribution in [0.15, 0.2) is 79.0 Å². The number of fused-ring (bicyclic) bond motifs is 1. The molecule has 8 nitrogen and oxygen atoms in total. The molecule has 4 heterocycles. The van der Waals surface area contributed by atoms with Gasteiger partial charge in [0, 0.05) is 18.3 Å². The summed E-state index contributed by atoms with van der Waals surface area (Å²) in [7, 11) is -0.416. The van der Waals surface area contributed by atoms with Crippen LogP contribution in [0.1, 0.15) is 78.0 Å². The number of pyridine rings is 1. The fraction of sp³-hybridized carbons (Fsp3) is 0.405. The summed E-state index contributed by atoms with van der Waals surface area (Å²) in [6, 6.07) is 25.3. The monoisotopic (exact) mass is 684 g/mol. The van der Waals surface area contributed by atoms with E-state index < -0.39 is 23.9 Å². The first-order chi connectivity index (χ1) is 24.1. The molecule has 2 aliphatic heterocycles. The van der Waals surface area contributed by atoms with Gasteiger partial charge in [-0.2, -0.15) is 0 Å². The van der Waals surface area contributed by atoms with Crippen LogP contribution in [0, 0.1) is 13.8 Å². The van der Waals surface area contributed by atoms with E-state index in [4.69, 9.17) is 14.0 Å². The number of carbonyl (C=O) groups is 1. The average molecular weight is 685 g/mol. The van der Waals surface area contributed by atoms with Gasteiger partial charge in [0.15, 0.2) is 11.5 Å². The molecule has 0 bridgehead atoms. The van der Waals surface area contributed by atoms with Crippen LogP contribution >= 0.6 is 0 Å². The molecule has 0 spiro atoms. The maximum Gasteiger partial charge on any atom is 0.495 e. The molecule has 2 fully saturated rings. The second kappa shape index (κ2) is 13.0. The largest absolute Gasteiger partial charge is 0.495 e. The maximum absolute atomic E-state index is 12.8. The van der Waals surface area contributed by atoms with Crippen LogP contribution in [-0.2, 0) is 25.4 Å². The Morgan fingerprint density at radius 1 is 0.863 bits per heavy atom. The Morgan fingerprint density at radius 3 is 2.20 bits per heavy atom. The number of esters is 1. The van der Waals surface area contributed by atoms with Gasteiger partial charge in [-0.15, -0.1) is 10.2 Å². The van der Waals surface area contributed by atoms with Crippen LogP contribution in [0.4, 0.5) is 0 Å². The van der Waals surface area contributed by atoms with Crippen LogP contribution in [-0.4, -0.2) is 62.0 Å². The van der Waals surface area contributed by atoms with Crippen molar-refractivity contribution >= 4 is 24.2 Å². The minimum Gasteiger partial charge on any atom is -0.459 e. The van der Waals surface area contributed by atoms with Crippen molar-refractivity contribution in [1.82, 2.24) is 19.5 Å². The van der Waals surface area contributed by atoms with E-state index in [1.165, 1.54) is 16.7 Å². The van der Waals surface area contributed by atoms with E-state index in [2.05, 4.69) is 136 Å². The molecule has 1 atom stereocenters. The zero-order chi connectivity index (χ0) is 36.3. The fourth-order valence-electron chi connectivity index (χ4n) is 7.31. The third-order valence-corrected chi connectivity index (χ3v) is 10.9. The molecule has 51 heavy (non-hydrogen) atoms. The molecule has 0 amide bonds. The predicted octanol–water partition coefficient (Wildman–Crippen LogP) is 7.95. The summed E-state index contributed by atoms with van der Waals surface area (Å²) in [5.41, 5.74) is 9.62. The summed E-state index contributed by atoms with van der Waals surface area (Å²) in [5.74, 6) is 0.659. The molecule has 264 valence electrons. The number of hydrogen-bond donors (Lipinski definition) is 0. The van der Waals surface area contributed by atoms with Crippen LogP contribution in [0.5, 0.6) is 0 Å². The van der Waals surface area contributed by atoms with Gasteiger partial charge in [0.2, 0.25) is 0 Å². The standard InChI is InChI=1S/C42H49BN4O4/c1-27-32(13-10-14-33(27)34-15-11-16-35(28(34)2)43-50-41(6,7)42(8,9)51-43)31-22-24-47-37(25-31)44-45-38(47)30-20-18-29(19-21-30)26-46-23-12-17-36(46)39(48)49-40(3,4)5/h10-11,13-16,18-22,24-25,36H,12,17,23,26H2,1-9H3/t36-/m1/s1. The van der Waals surface area contributed by atoms with Crippen LogP contribution < -0.4 is 5.46 Å². The van der Waals surface area contributed by atoms with Gasteiger partial charge in [-0.05, 0) is 138 Å². The van der Waals surface area contributed by atoms with Crippen molar-refractivity contribution in [2.45, 2.75) is 105 Å². The Bertz CT molecular complexity index is 2080. The number of nitrogens with zero attached hydrogens (tertiary/aromatic N) is 4. The molecule has 2 saturated heterocycles. The van der Waals surface area contributed by atoms with Crippen LogP contribution in [0.2, 0.25) is 0 Å². The van der Waals surface area contributed by atoms with Crippen molar-refractivity contribution in [3.05, 3.63) is 95.7 Å². The van der Waals surface area contributed by atoms with Gasteiger partial charge in [0.05, 0.1) is 11.2 Å². The van der Waals surface area contributed by atoms with Crippen LogP contribution in [0.3, 0.4) is 0 Å². The number of ether oxygens (including phenoxy) is 1. The summed E-state index contributed by atoms with van der Waals surface area (Å²) < 4.78 is 20.6. The van der Waals surface area contributed by atoms with Gasteiger partial charge < -0.3 is 14.0 Å². The average Bonchev–Trinajstić information content (AvgIpc) is 3.76. The lowest BCUT2D eigenvalue weighted by atomic mass is 9.74. The summed E-state index contributed by atoms with van der Waals surface area (Å²) in [4.78, 5) is 15.1. The van der Waals surface area contributed by atoms with E-state index in [0.29, 0.717) is 6.54 Å². The van der Waals surface area contributed by atoms with E-state index in [1.54, 1.807) is 0 Å². The molecule has 3 aromatic carbocycles. The first kappa shape index (κ1) is 35.1. The Kier molecular flexibility index (Phi) is 8.97. The minimum absolute atomic E-state index is 0.130. The summed E-state index contributed by atoms with van der Waals surface area (Å²) >= 11 is 0. The Labute approximate surface area is 302 Å². The van der Waals surface area contributed by atoms with E-state index >= 15 is 0 Å². The maximum atomic E-state index is 12.8. The summed E-state index contributed by atoms with van der Waals surface area (Å²) in [6.07, 6.45) is 3.88. The molecule has 2 aromatic heterocycles. The highest BCUT2D eigenvalue weighted by atomic mass is 16.7. The van der Waals surface area contributed by atoms with Gasteiger partial charge in [-0.1, -0.05) is 60.7 Å². The van der Waals surface area contributed by atoms with Crippen molar-refractivity contribution in [3.63, 3.8) is 0 Å². The van der Waals surface area contributed by atoms with Crippen molar-refractivity contribution in [1.29, 1.82) is 0 Å². The van der Waals surface area contributed by atoms with Gasteiger partial charge in [0.25, 0.3) is 0 Å². The molecule has 0 unspecified atom stereocenters. The molecule has 7 rings (SSSR count). The zero-order valence-electron chi connectivity index (χ0n) is 31.4. The van der Waals surface area contributed by atoms with Crippen molar-refractivity contribution in [2.24, 2.45) is 0 Å². The van der Waals surface area contributed by atoms with Gasteiger partial charge >= 0.3 is 13.1 Å². The minimum atomic E-state index is -0.486. The first-order valence-electron chi connectivity index (χ1n) is 18.1. The number of aromatic nitrogens is 3. The van der Waals surface area contributed by atoms with Gasteiger partial charge in [0.1, 0.15) is 11.6 Å². The van der Waals surface area contributed by atoms with Crippen molar-refractivity contribution in [3.8, 4) is 33.6 Å². The van der Waals surface area contributed by atoms with E-state index in [0.717, 1.165) is 64.1 Å². The number of rotatable bonds is 7. The van der Waals surface area contributed by atoms with Crippen molar-refractivity contribution in [2.75, 3.05) is 6.54 Å². The third kappa shape index (κ3) is 6.75. The van der Waals surface area contributed by atoms with E-state index in [9.17, 15) is 4.79 Å². The lowest BCUT2D eigenvalue weighted by Crippen LogP contribution is -2.41. The number of benzene rings is 3. The van der Waals surface area contributed by atoms with Gasteiger partial charge in [-0.25, -0.2) is 0 Å². The van der Waals surface area contributed by atoms with Gasteiger partial charge in [-0.3, -0.25) is 14.1 Å². The molecular formula is C42H49BN4O4. The molecule has 9 heteroatoms. The molecule has 0 N–H and O–H groups in total. The highest BCUT2D eigenvalue weighted by Gasteiger charge is 2.52. The van der Waals surface area contributed by atoms with Crippen LogP contribution in [0.25, 0.3) is 39.3 Å². The fourth-order valence-corrected chi connectivity index (χ4v) is 7.31. The normalized spacial score (nSPS) is 18.8. The van der Waals surface area contributed by atoms with E-state index in [-0.39, 0.29) is 12.0 Å². The smallest absolute Gasteiger partial charge is 0.459 e. The SMILES string of the molecule is Cc1c(B2OC(C)(C)C(C)(C)O2)cccc1-c1cccc(-c2ccn3c(-c4ccc(CN5CCC[C@@H]5C(=O)OC(C)(C)C)cc4)nnc3c2)c1C. The molecule has 2 aliphatic rings. The number of likely N-dealkylation sites (tertiary alicyclic amines) is 1. The summed E-state index contributed by atoms with van der Waals surface area (Å²) in [5, 5.41) is 9.16. The second-order valence-electron chi connectivity index (χ2n) is 16.1. The highest BCUT2D eigenvalue weighted by Crippen LogP contribution is 2.38. The Balaban J connectivity index is 1.11. The lowest BCUT2D eigenvalue weighted by molar-refractivity contribution is -0.160. The second-order valence-corrected chi connectivity index (χ2v) is 16.1. The third-order valence-electron chi connectivity index (χ3n) is 10.9. The predicted molar refractivity (Wildman–Crippen MR) is 204 cm³/mol. The Hall–Kier alpha value is -4.31. The quantitative estimate of drug-likeness (QED) is 0.127. The zero-order valence-corrected chi connectivity index (χ0v) is 31.4. The molecule has 0 radical (unpaired) electrons. The Morgan fingerprint density at radius 2 is 1.51 bits per heavy atom. The number of hydrogen-bond acceptors (Lipinski definition) is 7. The first-order valence-corrected chi connectivity index (χ1v) is 18.1. The highest BCUT2D eigenvalue weighted by molar-refractivity contribution is 6.62. The summed E-state index contributed by atoms with van der Waals surface area (Å²) in [6.45, 7) is 20.0. The molecule has 5 aromatic rings. The molecule has 0 aliphatic carbocycles. The topological polar surface area (TPSA) is 78.2 Å². The lowest BCUT2D eigenvalue weighted by Gasteiger charge is -2.32. The molecular weight excluding hydrogens is 635 g/mol. The van der Waals surface area contributed by atoms with Crippen molar-refractivity contribution < 1.29 is 18.8 Å². The number of carbonyl (C=O) groups excluding carboxylic acids is 1. The molecule has 0 saturated carbocycles. The van der Waals surface area contributed by atoms with E-state index in [1.807, 2.05) is 25.2 Å².